The van der Waals surface area contributed by atoms with Gasteiger partial charge in [0.15, 0.2) is 0 Å². The lowest BCUT2D eigenvalue weighted by molar-refractivity contribution is -0.144. The van der Waals surface area contributed by atoms with Crippen molar-refractivity contribution in [1.29, 1.82) is 0 Å². The average molecular weight is 327 g/mol. The van der Waals surface area contributed by atoms with E-state index < -0.39 is 18.4 Å². The molecule has 21 heavy (non-hydrogen) atoms. The molecule has 0 radical (unpaired) electrons. The van der Waals surface area contributed by atoms with Crippen LogP contribution in [0.5, 0.6) is 11.8 Å². The Labute approximate surface area is 129 Å². The summed E-state index contributed by atoms with van der Waals surface area (Å²) in [6.07, 6.45) is 2.18. The van der Waals surface area contributed by atoms with Crippen molar-refractivity contribution in [3.8, 4) is 11.8 Å². The highest BCUT2D eigenvalue weighted by Crippen LogP contribution is 2.22. The second-order valence-corrected chi connectivity index (χ2v) is 4.52. The van der Waals surface area contributed by atoms with E-state index in [0.29, 0.717) is 0 Å². The summed E-state index contributed by atoms with van der Waals surface area (Å²) in [4.78, 5) is 30.7. The van der Waals surface area contributed by atoms with Crippen LogP contribution in [-0.4, -0.2) is 21.9 Å². The summed E-state index contributed by atoms with van der Waals surface area (Å²) in [5.74, 6) is -1.86. The number of halogens is 2. The van der Waals surface area contributed by atoms with Crippen LogP contribution in [-0.2, 0) is 9.59 Å². The van der Waals surface area contributed by atoms with Gasteiger partial charge in [-0.1, -0.05) is 23.2 Å². The van der Waals surface area contributed by atoms with E-state index in [1.165, 1.54) is 24.5 Å². The monoisotopic (exact) mass is 326 g/mol. The smallest absolute Gasteiger partial charge is 0.323 e. The van der Waals surface area contributed by atoms with Crippen LogP contribution in [0.25, 0.3) is 0 Å². The van der Waals surface area contributed by atoms with Gasteiger partial charge in [0.05, 0.1) is 0 Å². The molecule has 0 fully saturated rings. The molecule has 0 spiro atoms. The van der Waals surface area contributed by atoms with Crippen molar-refractivity contribution >= 4 is 35.1 Å². The standard InChI is InChI=1S/C13H8Cl2N2O4/c14-8-3-1-5-16-12(8)20-10(18)7-11(19)21-13-9(15)4-2-6-17-13/h1-6H,7H2. The zero-order chi connectivity index (χ0) is 15.2. The molecule has 108 valence electrons. The quantitative estimate of drug-likeness (QED) is 0.635. The normalized spacial score (nSPS) is 10.0. The third kappa shape index (κ3) is 4.40. The number of carbonyl (C=O) groups is 2. The van der Waals surface area contributed by atoms with E-state index >= 15 is 0 Å². The number of nitrogens with zero attached hydrogens (tertiary/aromatic N) is 2. The number of rotatable bonds is 4. The molecule has 0 aliphatic carbocycles. The molecule has 0 saturated heterocycles. The molecule has 8 heteroatoms. The molecule has 0 saturated carbocycles. The molecule has 6 nitrogen and oxygen atoms in total. The Morgan fingerprint density at radius 1 is 0.905 bits per heavy atom. The minimum Gasteiger partial charge on any atom is -0.405 e. The first kappa shape index (κ1) is 15.2. The topological polar surface area (TPSA) is 78.4 Å². The molecule has 2 aromatic rings. The zero-order valence-electron chi connectivity index (χ0n) is 10.5. The van der Waals surface area contributed by atoms with E-state index in [9.17, 15) is 9.59 Å². The van der Waals surface area contributed by atoms with Crippen LogP contribution >= 0.6 is 23.2 Å². The average Bonchev–Trinajstić information content (AvgIpc) is 2.44. The summed E-state index contributed by atoms with van der Waals surface area (Å²) < 4.78 is 9.70. The molecule has 0 N–H and O–H groups in total. The maximum Gasteiger partial charge on any atom is 0.323 e. The van der Waals surface area contributed by atoms with Gasteiger partial charge in [-0.2, -0.15) is 0 Å². The third-order valence-electron chi connectivity index (χ3n) is 2.16. The van der Waals surface area contributed by atoms with Crippen molar-refractivity contribution in [3.05, 3.63) is 46.7 Å². The van der Waals surface area contributed by atoms with Crippen molar-refractivity contribution in [3.63, 3.8) is 0 Å². The summed E-state index contributed by atoms with van der Waals surface area (Å²) >= 11 is 11.5. The van der Waals surface area contributed by atoms with Crippen molar-refractivity contribution in [2.75, 3.05) is 0 Å². The van der Waals surface area contributed by atoms with E-state index in [-0.39, 0.29) is 21.8 Å². The molecule has 0 unspecified atom stereocenters. The Balaban J connectivity index is 1.93. The van der Waals surface area contributed by atoms with Crippen molar-refractivity contribution < 1.29 is 19.1 Å². The second-order valence-electron chi connectivity index (χ2n) is 3.71. The maximum atomic E-state index is 11.6. The molecule has 0 bridgehead atoms. The van der Waals surface area contributed by atoms with Gasteiger partial charge in [0.1, 0.15) is 16.5 Å². The van der Waals surface area contributed by atoms with E-state index in [2.05, 4.69) is 9.97 Å². The summed E-state index contributed by atoms with van der Waals surface area (Å²) in [7, 11) is 0. The van der Waals surface area contributed by atoms with Gasteiger partial charge in [-0.15, -0.1) is 0 Å². The first-order chi connectivity index (χ1) is 10.1. The van der Waals surface area contributed by atoms with Gasteiger partial charge in [0.2, 0.25) is 11.8 Å². The van der Waals surface area contributed by atoms with Crippen LogP contribution in [0.2, 0.25) is 10.0 Å². The fourth-order valence-electron chi connectivity index (χ4n) is 1.30. The molecule has 2 aromatic heterocycles. The van der Waals surface area contributed by atoms with Crippen LogP contribution in [0, 0.1) is 0 Å². The van der Waals surface area contributed by atoms with Crippen LogP contribution in [0.4, 0.5) is 0 Å². The van der Waals surface area contributed by atoms with Gasteiger partial charge < -0.3 is 9.47 Å². The van der Waals surface area contributed by atoms with E-state index in [1.54, 1.807) is 12.1 Å². The fourth-order valence-corrected chi connectivity index (χ4v) is 1.62. The predicted octanol–water partition coefficient (Wildman–Crippen LogP) is 2.68. The zero-order valence-corrected chi connectivity index (χ0v) is 12.0. The fraction of sp³-hybridized carbons (Fsp3) is 0.0769. The SMILES string of the molecule is O=C(CC(=O)Oc1ncccc1Cl)Oc1ncccc1Cl. The number of hydrogen-bond donors (Lipinski definition) is 0. The molecule has 0 aliphatic rings. The van der Waals surface area contributed by atoms with Crippen LogP contribution in [0.1, 0.15) is 6.42 Å². The Morgan fingerprint density at radius 3 is 1.71 bits per heavy atom. The minimum absolute atomic E-state index is 0.0761. The van der Waals surface area contributed by atoms with Gasteiger partial charge in [-0.25, -0.2) is 9.97 Å². The lowest BCUT2D eigenvalue weighted by Gasteiger charge is -2.05. The number of carbonyl (C=O) groups excluding carboxylic acids is 2. The summed E-state index contributed by atoms with van der Waals surface area (Å²) in [6, 6.07) is 6.17. The molecular formula is C13H8Cl2N2O4. The largest absolute Gasteiger partial charge is 0.405 e. The highest BCUT2D eigenvalue weighted by molar-refractivity contribution is 6.32. The minimum atomic E-state index is -0.854. The van der Waals surface area contributed by atoms with Gasteiger partial charge in [-0.05, 0) is 24.3 Å². The van der Waals surface area contributed by atoms with Crippen LogP contribution in [0.15, 0.2) is 36.7 Å². The first-order valence-corrected chi connectivity index (χ1v) is 6.44. The molecule has 0 atom stereocenters. The highest BCUT2D eigenvalue weighted by atomic mass is 35.5. The van der Waals surface area contributed by atoms with Crippen LogP contribution in [0.3, 0.4) is 0 Å². The van der Waals surface area contributed by atoms with E-state index in [0.717, 1.165) is 0 Å². The Kier molecular flexibility index (Phi) is 5.08. The molecule has 0 aliphatic heterocycles. The van der Waals surface area contributed by atoms with Gasteiger partial charge in [0, 0.05) is 12.4 Å². The molecule has 2 rings (SSSR count). The Morgan fingerprint density at radius 2 is 1.33 bits per heavy atom. The van der Waals surface area contributed by atoms with E-state index in [1.807, 2.05) is 0 Å². The van der Waals surface area contributed by atoms with Crippen molar-refractivity contribution in [2.45, 2.75) is 6.42 Å². The highest BCUT2D eigenvalue weighted by Gasteiger charge is 2.17. The van der Waals surface area contributed by atoms with Crippen molar-refractivity contribution in [2.24, 2.45) is 0 Å². The van der Waals surface area contributed by atoms with Gasteiger partial charge in [0.25, 0.3) is 0 Å². The lowest BCUT2D eigenvalue weighted by Crippen LogP contribution is -2.19. The Bertz CT molecular complexity index is 621. The number of aromatic nitrogens is 2. The van der Waals surface area contributed by atoms with Gasteiger partial charge >= 0.3 is 11.9 Å². The van der Waals surface area contributed by atoms with Crippen molar-refractivity contribution in [1.82, 2.24) is 9.97 Å². The second kappa shape index (κ2) is 7.01. The summed E-state index contributed by atoms with van der Waals surface area (Å²) in [6.45, 7) is 0. The number of esters is 2. The number of hydrogen-bond acceptors (Lipinski definition) is 6. The summed E-state index contributed by atoms with van der Waals surface area (Å²) in [5, 5.41) is 0.318. The summed E-state index contributed by atoms with van der Waals surface area (Å²) in [5.41, 5.74) is 0. The molecular weight excluding hydrogens is 319 g/mol. The van der Waals surface area contributed by atoms with Crippen LogP contribution < -0.4 is 9.47 Å². The Hall–Kier alpha value is -2.18. The van der Waals surface area contributed by atoms with Gasteiger partial charge in [-0.3, -0.25) is 9.59 Å². The molecule has 0 amide bonds. The third-order valence-corrected chi connectivity index (χ3v) is 2.73. The lowest BCUT2D eigenvalue weighted by atomic mass is 10.4. The number of ether oxygens (including phenoxy) is 2. The maximum absolute atomic E-state index is 11.6. The van der Waals surface area contributed by atoms with E-state index in [4.69, 9.17) is 32.7 Å². The number of pyridine rings is 2. The molecule has 2 heterocycles. The predicted molar refractivity (Wildman–Crippen MR) is 74.4 cm³/mol. The molecule has 0 aromatic carbocycles. The first-order valence-electron chi connectivity index (χ1n) is 5.68.